The maximum absolute atomic E-state index is 12.2. The minimum absolute atomic E-state index is 0.00602. The number of carbonyl (C=O) groups excluding carboxylic acids is 1. The number of rotatable bonds is 6. The smallest absolute Gasteiger partial charge is 0.251 e. The van der Waals surface area contributed by atoms with E-state index in [9.17, 15) is 4.79 Å². The Balaban J connectivity index is 2.47. The second kappa shape index (κ2) is 7.38. The van der Waals surface area contributed by atoms with Gasteiger partial charge in [-0.2, -0.15) is 5.26 Å². The molecule has 0 saturated heterocycles. The van der Waals surface area contributed by atoms with E-state index >= 15 is 0 Å². The molecule has 1 aliphatic carbocycles. The lowest BCUT2D eigenvalue weighted by Gasteiger charge is -2.26. The third kappa shape index (κ3) is 4.30. The molecule has 4 nitrogen and oxygen atoms in total. The number of hydrogen-bond acceptors (Lipinski definition) is 3. The first kappa shape index (κ1) is 15.0. The van der Waals surface area contributed by atoms with Crippen molar-refractivity contribution in [1.82, 2.24) is 4.90 Å². The predicted molar refractivity (Wildman–Crippen MR) is 69.8 cm³/mol. The molecule has 0 N–H and O–H groups in total. The number of nitriles is 1. The van der Waals surface area contributed by atoms with Crippen molar-refractivity contribution in [3.8, 4) is 6.07 Å². The van der Waals surface area contributed by atoms with E-state index in [2.05, 4.69) is 6.07 Å². The monoisotopic (exact) mass is 252 g/mol. The standard InChI is InChI=1S/C14H24N2O2/c1-4-13(18-12-7-5-6-8-12)14(17)16(3)10-11(2)9-15/h11-13H,4-8,10H2,1-3H3. The van der Waals surface area contributed by atoms with Crippen LogP contribution in [0.1, 0.15) is 46.0 Å². The number of amides is 1. The molecule has 1 aliphatic rings. The Hall–Kier alpha value is -1.08. The number of ether oxygens (including phenoxy) is 1. The normalized spacial score (nSPS) is 19.2. The largest absolute Gasteiger partial charge is 0.365 e. The zero-order valence-electron chi connectivity index (χ0n) is 11.7. The van der Waals surface area contributed by atoms with Crippen molar-refractivity contribution in [3.05, 3.63) is 0 Å². The highest BCUT2D eigenvalue weighted by molar-refractivity contribution is 5.80. The molecule has 0 aromatic heterocycles. The zero-order chi connectivity index (χ0) is 13.5. The van der Waals surface area contributed by atoms with Crippen molar-refractivity contribution in [2.75, 3.05) is 13.6 Å². The molecule has 0 aromatic rings. The van der Waals surface area contributed by atoms with Crippen LogP contribution in [0.15, 0.2) is 0 Å². The maximum Gasteiger partial charge on any atom is 0.251 e. The quantitative estimate of drug-likeness (QED) is 0.729. The summed E-state index contributed by atoms with van der Waals surface area (Å²) in [5.74, 6) is -0.130. The van der Waals surface area contributed by atoms with Gasteiger partial charge >= 0.3 is 0 Å². The van der Waals surface area contributed by atoms with E-state index in [-0.39, 0.29) is 24.0 Å². The molecular formula is C14H24N2O2. The number of nitrogens with zero attached hydrogens (tertiary/aromatic N) is 2. The van der Waals surface area contributed by atoms with Gasteiger partial charge in [0.25, 0.3) is 5.91 Å². The van der Waals surface area contributed by atoms with Crippen molar-refractivity contribution in [3.63, 3.8) is 0 Å². The molecule has 2 unspecified atom stereocenters. The highest BCUT2D eigenvalue weighted by Gasteiger charge is 2.26. The molecule has 0 aliphatic heterocycles. The van der Waals surface area contributed by atoms with Crippen LogP contribution in [0.4, 0.5) is 0 Å². The number of likely N-dealkylation sites (N-methyl/N-ethyl adjacent to an activating group) is 1. The number of hydrogen-bond donors (Lipinski definition) is 0. The SMILES string of the molecule is CCC(OC1CCCC1)C(=O)N(C)CC(C)C#N. The van der Waals surface area contributed by atoms with Crippen LogP contribution in [0.25, 0.3) is 0 Å². The van der Waals surface area contributed by atoms with Gasteiger partial charge in [-0.3, -0.25) is 4.79 Å². The van der Waals surface area contributed by atoms with Crippen LogP contribution in [0.5, 0.6) is 0 Å². The van der Waals surface area contributed by atoms with Crippen LogP contribution in [-0.4, -0.2) is 36.6 Å². The lowest BCUT2D eigenvalue weighted by Crippen LogP contribution is -2.41. The Bertz CT molecular complexity index is 305. The predicted octanol–water partition coefficient (Wildman–Crippen LogP) is 2.34. The van der Waals surface area contributed by atoms with Crippen LogP contribution >= 0.6 is 0 Å². The summed E-state index contributed by atoms with van der Waals surface area (Å²) in [6, 6.07) is 2.15. The molecule has 102 valence electrons. The van der Waals surface area contributed by atoms with Crippen molar-refractivity contribution < 1.29 is 9.53 Å². The fraction of sp³-hybridized carbons (Fsp3) is 0.857. The van der Waals surface area contributed by atoms with E-state index in [1.807, 2.05) is 13.8 Å². The van der Waals surface area contributed by atoms with Crippen LogP contribution < -0.4 is 0 Å². The van der Waals surface area contributed by atoms with Gasteiger partial charge in [0, 0.05) is 13.6 Å². The van der Waals surface area contributed by atoms with Gasteiger partial charge in [0.1, 0.15) is 6.10 Å². The highest BCUT2D eigenvalue weighted by Crippen LogP contribution is 2.23. The molecule has 0 bridgehead atoms. The molecule has 0 aromatic carbocycles. The Morgan fingerprint density at radius 1 is 1.50 bits per heavy atom. The third-order valence-corrected chi connectivity index (χ3v) is 3.45. The summed E-state index contributed by atoms with van der Waals surface area (Å²) < 4.78 is 5.88. The second-order valence-corrected chi connectivity index (χ2v) is 5.19. The van der Waals surface area contributed by atoms with Gasteiger partial charge in [-0.05, 0) is 26.2 Å². The van der Waals surface area contributed by atoms with Crippen LogP contribution in [-0.2, 0) is 9.53 Å². The highest BCUT2D eigenvalue weighted by atomic mass is 16.5. The first-order chi connectivity index (χ1) is 8.58. The topological polar surface area (TPSA) is 53.3 Å². The Morgan fingerprint density at radius 2 is 2.11 bits per heavy atom. The van der Waals surface area contributed by atoms with Gasteiger partial charge in [0.05, 0.1) is 18.1 Å². The van der Waals surface area contributed by atoms with E-state index in [4.69, 9.17) is 10.00 Å². The average molecular weight is 252 g/mol. The van der Waals surface area contributed by atoms with Gasteiger partial charge in [-0.25, -0.2) is 0 Å². The van der Waals surface area contributed by atoms with Gasteiger partial charge in [0.15, 0.2) is 0 Å². The lowest BCUT2D eigenvalue weighted by molar-refractivity contribution is -0.146. The molecule has 1 saturated carbocycles. The summed E-state index contributed by atoms with van der Waals surface area (Å²) >= 11 is 0. The summed E-state index contributed by atoms with van der Waals surface area (Å²) in [7, 11) is 1.75. The summed E-state index contributed by atoms with van der Waals surface area (Å²) in [4.78, 5) is 13.8. The van der Waals surface area contributed by atoms with Crippen LogP contribution in [0.2, 0.25) is 0 Å². The second-order valence-electron chi connectivity index (χ2n) is 5.19. The van der Waals surface area contributed by atoms with Gasteiger partial charge in [-0.1, -0.05) is 19.8 Å². The molecule has 2 atom stereocenters. The number of carbonyl (C=O) groups is 1. The molecule has 1 amide bonds. The first-order valence-electron chi connectivity index (χ1n) is 6.88. The average Bonchev–Trinajstić information content (AvgIpc) is 2.87. The van der Waals surface area contributed by atoms with E-state index in [0.717, 1.165) is 12.8 Å². The van der Waals surface area contributed by atoms with Gasteiger partial charge < -0.3 is 9.64 Å². The maximum atomic E-state index is 12.2. The lowest BCUT2D eigenvalue weighted by atomic mass is 10.1. The van der Waals surface area contributed by atoms with Crippen molar-refractivity contribution >= 4 is 5.91 Å². The minimum atomic E-state index is -0.344. The Kier molecular flexibility index (Phi) is 6.14. The summed E-state index contributed by atoms with van der Waals surface area (Å²) in [6.07, 6.45) is 5.16. The van der Waals surface area contributed by atoms with Gasteiger partial charge in [0.2, 0.25) is 0 Å². The molecule has 1 fully saturated rings. The third-order valence-electron chi connectivity index (χ3n) is 3.45. The molecule has 4 heteroatoms. The zero-order valence-corrected chi connectivity index (χ0v) is 11.7. The van der Waals surface area contributed by atoms with E-state index in [0.29, 0.717) is 13.0 Å². The van der Waals surface area contributed by atoms with E-state index < -0.39 is 0 Å². The fourth-order valence-corrected chi connectivity index (χ4v) is 2.37. The summed E-state index contributed by atoms with van der Waals surface area (Å²) in [6.45, 7) is 4.27. The van der Waals surface area contributed by atoms with E-state index in [1.54, 1.807) is 11.9 Å². The van der Waals surface area contributed by atoms with Gasteiger partial charge in [-0.15, -0.1) is 0 Å². The van der Waals surface area contributed by atoms with Crippen molar-refractivity contribution in [2.24, 2.45) is 5.92 Å². The Morgan fingerprint density at radius 3 is 2.61 bits per heavy atom. The van der Waals surface area contributed by atoms with Crippen LogP contribution in [0, 0.1) is 17.2 Å². The van der Waals surface area contributed by atoms with E-state index in [1.165, 1.54) is 12.8 Å². The molecule has 0 radical (unpaired) electrons. The summed E-state index contributed by atoms with van der Waals surface area (Å²) in [5.41, 5.74) is 0. The Labute approximate surface area is 110 Å². The molecule has 1 rings (SSSR count). The molecule has 0 heterocycles. The first-order valence-corrected chi connectivity index (χ1v) is 6.88. The summed E-state index contributed by atoms with van der Waals surface area (Å²) in [5, 5.41) is 8.77. The minimum Gasteiger partial charge on any atom is -0.365 e. The van der Waals surface area contributed by atoms with Crippen molar-refractivity contribution in [2.45, 2.75) is 58.2 Å². The molecular weight excluding hydrogens is 228 g/mol. The van der Waals surface area contributed by atoms with Crippen LogP contribution in [0.3, 0.4) is 0 Å². The fourth-order valence-electron chi connectivity index (χ4n) is 2.37. The molecule has 18 heavy (non-hydrogen) atoms. The molecule has 0 spiro atoms. The van der Waals surface area contributed by atoms with Crippen molar-refractivity contribution in [1.29, 1.82) is 5.26 Å².